The highest BCUT2D eigenvalue weighted by Crippen LogP contribution is 2.13. The number of aromatic nitrogens is 1. The van der Waals surface area contributed by atoms with Crippen molar-refractivity contribution in [1.82, 2.24) is 15.8 Å². The van der Waals surface area contributed by atoms with E-state index in [1.807, 2.05) is 32.0 Å². The first kappa shape index (κ1) is 21.0. The second-order valence-corrected chi connectivity index (χ2v) is 6.89. The third-order valence-electron chi connectivity index (χ3n) is 4.43. The predicted molar refractivity (Wildman–Crippen MR) is 109 cm³/mol. The van der Waals surface area contributed by atoms with Crippen LogP contribution in [0.4, 0.5) is 0 Å². The summed E-state index contributed by atoms with van der Waals surface area (Å²) in [4.78, 5) is 4.28. The van der Waals surface area contributed by atoms with E-state index < -0.39 is 0 Å². The van der Waals surface area contributed by atoms with Gasteiger partial charge in [0.2, 0.25) is 0 Å². The molecule has 0 saturated carbocycles. The lowest BCUT2D eigenvalue weighted by molar-refractivity contribution is 0.0931. The topological polar surface area (TPSA) is 71.7 Å². The second-order valence-electron chi connectivity index (χ2n) is 6.89. The molecular formula is C21H32N4O2. The van der Waals surface area contributed by atoms with Crippen LogP contribution in [0.5, 0.6) is 0 Å². The molecule has 0 amide bonds. The molecule has 0 aliphatic carbocycles. The summed E-state index contributed by atoms with van der Waals surface area (Å²) in [5.41, 5.74) is 3.40. The number of nitrogens with one attached hydrogen (secondary N) is 2. The molecule has 148 valence electrons. The van der Waals surface area contributed by atoms with Crippen LogP contribution in [-0.2, 0) is 17.8 Å². The van der Waals surface area contributed by atoms with Crippen molar-refractivity contribution in [2.75, 3.05) is 26.7 Å². The second kappa shape index (κ2) is 11.4. The molecule has 2 rings (SSSR count). The zero-order valence-corrected chi connectivity index (χ0v) is 16.9. The maximum absolute atomic E-state index is 5.79. The molecular weight excluding hydrogens is 340 g/mol. The number of benzene rings is 1. The van der Waals surface area contributed by atoms with Crippen molar-refractivity contribution >= 4 is 5.96 Å². The lowest BCUT2D eigenvalue weighted by atomic mass is 10.1. The molecule has 1 unspecified atom stereocenters. The molecule has 2 aromatic rings. The van der Waals surface area contributed by atoms with Gasteiger partial charge >= 0.3 is 0 Å². The lowest BCUT2D eigenvalue weighted by Crippen LogP contribution is -2.40. The van der Waals surface area contributed by atoms with Crippen molar-refractivity contribution in [3.8, 4) is 0 Å². The van der Waals surface area contributed by atoms with Gasteiger partial charge in [-0.25, -0.2) is 0 Å². The molecule has 6 heteroatoms. The molecule has 1 heterocycles. The molecule has 1 aromatic heterocycles. The molecule has 1 aromatic carbocycles. The minimum Gasteiger partial charge on any atom is -0.376 e. The standard InChI is InChI=1S/C21H32N4O2/c1-16(14-26-15-19-9-6-5-7-10-19)13-24-21(22-4)23-12-8-11-20-17(2)25-27-18(20)3/h5-7,9-10,16H,8,11-15H2,1-4H3,(H2,22,23,24). The lowest BCUT2D eigenvalue weighted by Gasteiger charge is -2.16. The van der Waals surface area contributed by atoms with E-state index in [4.69, 9.17) is 9.26 Å². The summed E-state index contributed by atoms with van der Waals surface area (Å²) in [6.45, 7) is 9.15. The largest absolute Gasteiger partial charge is 0.376 e. The van der Waals surface area contributed by atoms with E-state index in [9.17, 15) is 0 Å². The Balaban J connectivity index is 1.59. The quantitative estimate of drug-likeness (QED) is 0.381. The highest BCUT2D eigenvalue weighted by atomic mass is 16.5. The molecule has 0 fully saturated rings. The summed E-state index contributed by atoms with van der Waals surface area (Å²) in [7, 11) is 1.79. The normalized spacial score (nSPS) is 12.8. The molecule has 0 aliphatic heterocycles. The van der Waals surface area contributed by atoms with Crippen LogP contribution in [0.25, 0.3) is 0 Å². The number of aryl methyl sites for hydroxylation is 2. The maximum atomic E-state index is 5.79. The first-order valence-electron chi connectivity index (χ1n) is 9.58. The predicted octanol–water partition coefficient (Wildman–Crippen LogP) is 3.24. The van der Waals surface area contributed by atoms with E-state index in [1.165, 1.54) is 11.1 Å². The summed E-state index contributed by atoms with van der Waals surface area (Å²) in [5, 5.41) is 10.7. The Kier molecular flexibility index (Phi) is 8.84. The Bertz CT molecular complexity index is 678. The van der Waals surface area contributed by atoms with Crippen molar-refractivity contribution in [3.63, 3.8) is 0 Å². The van der Waals surface area contributed by atoms with Gasteiger partial charge in [0.15, 0.2) is 5.96 Å². The van der Waals surface area contributed by atoms with Gasteiger partial charge in [0.1, 0.15) is 5.76 Å². The van der Waals surface area contributed by atoms with E-state index in [-0.39, 0.29) is 0 Å². The Hall–Kier alpha value is -2.34. The van der Waals surface area contributed by atoms with Gasteiger partial charge in [0.25, 0.3) is 0 Å². The van der Waals surface area contributed by atoms with Crippen LogP contribution in [0, 0.1) is 19.8 Å². The highest BCUT2D eigenvalue weighted by Gasteiger charge is 2.08. The van der Waals surface area contributed by atoms with Gasteiger partial charge in [-0.2, -0.15) is 0 Å². The zero-order valence-electron chi connectivity index (χ0n) is 16.9. The smallest absolute Gasteiger partial charge is 0.190 e. The van der Waals surface area contributed by atoms with Crippen LogP contribution < -0.4 is 10.6 Å². The molecule has 0 bridgehead atoms. The van der Waals surface area contributed by atoms with Crippen LogP contribution in [0.15, 0.2) is 39.8 Å². The fourth-order valence-corrected chi connectivity index (χ4v) is 2.83. The first-order valence-corrected chi connectivity index (χ1v) is 9.58. The Morgan fingerprint density at radius 3 is 2.67 bits per heavy atom. The van der Waals surface area contributed by atoms with E-state index in [0.717, 1.165) is 43.3 Å². The molecule has 0 radical (unpaired) electrons. The fraction of sp³-hybridized carbons (Fsp3) is 0.524. The third kappa shape index (κ3) is 7.43. The van der Waals surface area contributed by atoms with Crippen molar-refractivity contribution in [3.05, 3.63) is 52.9 Å². The summed E-state index contributed by atoms with van der Waals surface area (Å²) >= 11 is 0. The van der Waals surface area contributed by atoms with E-state index >= 15 is 0 Å². The number of hydrogen-bond donors (Lipinski definition) is 2. The van der Waals surface area contributed by atoms with Crippen molar-refractivity contribution in [1.29, 1.82) is 0 Å². The minimum absolute atomic E-state index is 0.398. The molecule has 6 nitrogen and oxygen atoms in total. The number of guanidine groups is 1. The van der Waals surface area contributed by atoms with E-state index in [2.05, 4.69) is 39.8 Å². The van der Waals surface area contributed by atoms with Crippen LogP contribution in [-0.4, -0.2) is 37.9 Å². The highest BCUT2D eigenvalue weighted by molar-refractivity contribution is 5.79. The van der Waals surface area contributed by atoms with Gasteiger partial charge in [-0.15, -0.1) is 0 Å². The molecule has 2 N–H and O–H groups in total. The van der Waals surface area contributed by atoms with Gasteiger partial charge in [-0.3, -0.25) is 4.99 Å². The molecule has 1 atom stereocenters. The SMILES string of the molecule is CN=C(NCCCc1c(C)noc1C)NCC(C)COCc1ccccc1. The summed E-state index contributed by atoms with van der Waals surface area (Å²) in [6, 6.07) is 10.2. The fourth-order valence-electron chi connectivity index (χ4n) is 2.83. The Labute approximate surface area is 162 Å². The minimum atomic E-state index is 0.398. The Morgan fingerprint density at radius 2 is 2.00 bits per heavy atom. The molecule has 0 spiro atoms. The third-order valence-corrected chi connectivity index (χ3v) is 4.43. The molecule has 0 aliphatic rings. The monoisotopic (exact) mass is 372 g/mol. The summed E-state index contributed by atoms with van der Waals surface area (Å²) in [6.07, 6.45) is 1.95. The van der Waals surface area contributed by atoms with Gasteiger partial charge < -0.3 is 19.9 Å². The van der Waals surface area contributed by atoms with Gasteiger partial charge in [-0.1, -0.05) is 42.4 Å². The van der Waals surface area contributed by atoms with Gasteiger partial charge in [0, 0.05) is 25.7 Å². The number of aliphatic imine (C=N–C) groups is 1. The van der Waals surface area contributed by atoms with Crippen LogP contribution in [0.1, 0.15) is 35.9 Å². The summed E-state index contributed by atoms with van der Waals surface area (Å²) < 4.78 is 11.0. The number of ether oxygens (including phenoxy) is 1. The number of rotatable bonds is 10. The maximum Gasteiger partial charge on any atom is 0.190 e. The first-order chi connectivity index (χ1) is 13.1. The van der Waals surface area contributed by atoms with Crippen molar-refractivity contribution in [2.45, 2.75) is 40.2 Å². The van der Waals surface area contributed by atoms with E-state index in [0.29, 0.717) is 19.1 Å². The van der Waals surface area contributed by atoms with Crippen molar-refractivity contribution < 1.29 is 9.26 Å². The van der Waals surface area contributed by atoms with Crippen molar-refractivity contribution in [2.24, 2.45) is 10.9 Å². The summed E-state index contributed by atoms with van der Waals surface area (Å²) in [5.74, 6) is 2.14. The van der Waals surface area contributed by atoms with Crippen LogP contribution in [0.2, 0.25) is 0 Å². The number of nitrogens with zero attached hydrogens (tertiary/aromatic N) is 2. The van der Waals surface area contributed by atoms with E-state index in [1.54, 1.807) is 7.05 Å². The zero-order chi connectivity index (χ0) is 19.5. The molecule has 0 saturated heterocycles. The average molecular weight is 373 g/mol. The number of hydrogen-bond acceptors (Lipinski definition) is 4. The molecule has 27 heavy (non-hydrogen) atoms. The average Bonchev–Trinajstić information content (AvgIpc) is 3.00. The Morgan fingerprint density at radius 1 is 1.22 bits per heavy atom. The van der Waals surface area contributed by atoms with Crippen LogP contribution in [0.3, 0.4) is 0 Å². The van der Waals surface area contributed by atoms with Gasteiger partial charge in [-0.05, 0) is 38.2 Å². The van der Waals surface area contributed by atoms with Crippen LogP contribution >= 0.6 is 0 Å². The van der Waals surface area contributed by atoms with Gasteiger partial charge in [0.05, 0.1) is 18.9 Å².